The van der Waals surface area contributed by atoms with Crippen molar-refractivity contribution in [2.45, 2.75) is 64.0 Å². The maximum atomic E-state index is 13.4. The van der Waals surface area contributed by atoms with Crippen LogP contribution in [0.5, 0.6) is 5.75 Å². The number of nitrogens with one attached hydrogen (secondary N) is 2. The molecule has 204 valence electrons. The van der Waals surface area contributed by atoms with Crippen LogP contribution in [0.1, 0.15) is 56.1 Å². The Morgan fingerprint density at radius 2 is 1.71 bits per heavy atom. The SMILES string of the molecule is CN1CCCC/C=C/CCC[C@H](CC(=O)NO)C(=O)N[C@@H](Cc2ccc(OCc3ccccc3)cc2)C1=O. The van der Waals surface area contributed by atoms with Crippen LogP contribution in [0, 0.1) is 5.92 Å². The van der Waals surface area contributed by atoms with Gasteiger partial charge in [0.2, 0.25) is 17.7 Å². The summed E-state index contributed by atoms with van der Waals surface area (Å²) in [6, 6.07) is 16.7. The Morgan fingerprint density at radius 1 is 1.00 bits per heavy atom. The van der Waals surface area contributed by atoms with Crippen molar-refractivity contribution >= 4 is 17.7 Å². The molecule has 1 aliphatic heterocycles. The normalized spacial score (nSPS) is 20.5. The third-order valence-electron chi connectivity index (χ3n) is 6.73. The lowest BCUT2D eigenvalue weighted by atomic mass is 9.95. The molecular formula is C30H39N3O5. The number of nitrogens with zero attached hydrogens (tertiary/aromatic N) is 1. The van der Waals surface area contributed by atoms with Gasteiger partial charge in [0, 0.05) is 32.4 Å². The number of likely N-dealkylation sites (N-methyl/N-ethyl adjacent to an activating group) is 1. The minimum absolute atomic E-state index is 0.143. The summed E-state index contributed by atoms with van der Waals surface area (Å²) in [5.41, 5.74) is 3.58. The third-order valence-corrected chi connectivity index (χ3v) is 6.73. The van der Waals surface area contributed by atoms with Crippen molar-refractivity contribution in [3.63, 3.8) is 0 Å². The molecule has 8 nitrogen and oxygen atoms in total. The number of carbonyl (C=O) groups is 3. The Kier molecular flexibility index (Phi) is 11.8. The van der Waals surface area contributed by atoms with Gasteiger partial charge in [-0.25, -0.2) is 5.48 Å². The molecule has 8 heteroatoms. The minimum Gasteiger partial charge on any atom is -0.489 e. The van der Waals surface area contributed by atoms with Crippen molar-refractivity contribution in [3.05, 3.63) is 77.9 Å². The highest BCUT2D eigenvalue weighted by molar-refractivity contribution is 5.90. The highest BCUT2D eigenvalue weighted by Gasteiger charge is 2.29. The van der Waals surface area contributed by atoms with Gasteiger partial charge < -0.3 is 15.0 Å². The number of carbonyl (C=O) groups excluding carboxylic acids is 3. The minimum atomic E-state index is -0.772. The van der Waals surface area contributed by atoms with E-state index in [0.717, 1.165) is 49.0 Å². The smallest absolute Gasteiger partial charge is 0.245 e. The Morgan fingerprint density at radius 3 is 2.42 bits per heavy atom. The maximum Gasteiger partial charge on any atom is 0.245 e. The number of hydrogen-bond acceptors (Lipinski definition) is 5. The number of allylic oxidation sites excluding steroid dienone is 2. The molecule has 1 aliphatic rings. The second-order valence-electron chi connectivity index (χ2n) is 9.78. The van der Waals surface area contributed by atoms with Gasteiger partial charge in [-0.1, -0.05) is 54.6 Å². The lowest BCUT2D eigenvalue weighted by Gasteiger charge is -2.26. The highest BCUT2D eigenvalue weighted by Crippen LogP contribution is 2.18. The zero-order valence-corrected chi connectivity index (χ0v) is 22.1. The Bertz CT molecular complexity index is 1060. The molecule has 2 aromatic rings. The summed E-state index contributed by atoms with van der Waals surface area (Å²) < 4.78 is 5.87. The van der Waals surface area contributed by atoms with Gasteiger partial charge in [0.1, 0.15) is 18.4 Å². The first-order chi connectivity index (χ1) is 18.5. The molecule has 0 bridgehead atoms. The molecule has 0 spiro atoms. The second kappa shape index (κ2) is 15.6. The molecule has 0 saturated heterocycles. The van der Waals surface area contributed by atoms with Gasteiger partial charge in [0.05, 0.1) is 0 Å². The summed E-state index contributed by atoms with van der Waals surface area (Å²) in [7, 11) is 1.76. The highest BCUT2D eigenvalue weighted by atomic mass is 16.5. The van der Waals surface area contributed by atoms with Gasteiger partial charge in [-0.05, 0) is 61.8 Å². The van der Waals surface area contributed by atoms with Gasteiger partial charge >= 0.3 is 0 Å². The quantitative estimate of drug-likeness (QED) is 0.288. The van der Waals surface area contributed by atoms with E-state index in [2.05, 4.69) is 17.5 Å². The molecule has 3 N–H and O–H groups in total. The van der Waals surface area contributed by atoms with Crippen LogP contribution >= 0.6 is 0 Å². The molecule has 0 fully saturated rings. The summed E-state index contributed by atoms with van der Waals surface area (Å²) in [5.74, 6) is -1.07. The van der Waals surface area contributed by atoms with Crippen molar-refractivity contribution in [2.75, 3.05) is 13.6 Å². The van der Waals surface area contributed by atoms with Crippen LogP contribution < -0.4 is 15.5 Å². The molecule has 3 amide bonds. The fourth-order valence-electron chi connectivity index (χ4n) is 4.49. The number of hydroxylamine groups is 1. The lowest BCUT2D eigenvalue weighted by molar-refractivity contribution is -0.138. The summed E-state index contributed by atoms with van der Waals surface area (Å²) >= 11 is 0. The molecule has 0 saturated carbocycles. The third kappa shape index (κ3) is 9.67. The molecule has 3 rings (SSSR count). The monoisotopic (exact) mass is 521 g/mol. The van der Waals surface area contributed by atoms with E-state index in [0.29, 0.717) is 26.0 Å². The fraction of sp³-hybridized carbons (Fsp3) is 0.433. The molecule has 0 aliphatic carbocycles. The summed E-state index contributed by atoms with van der Waals surface area (Å²) in [5, 5.41) is 11.9. The van der Waals surface area contributed by atoms with Crippen molar-refractivity contribution in [1.82, 2.24) is 15.7 Å². The number of hydrogen-bond donors (Lipinski definition) is 3. The Balaban J connectivity index is 1.72. The van der Waals surface area contributed by atoms with Crippen LogP contribution in [0.4, 0.5) is 0 Å². The van der Waals surface area contributed by atoms with Gasteiger partial charge in [0.15, 0.2) is 0 Å². The van der Waals surface area contributed by atoms with Crippen molar-refractivity contribution < 1.29 is 24.3 Å². The Labute approximate surface area is 225 Å². The van der Waals surface area contributed by atoms with Crippen molar-refractivity contribution in [3.8, 4) is 5.75 Å². The molecule has 0 aromatic heterocycles. The largest absolute Gasteiger partial charge is 0.489 e. The molecule has 0 unspecified atom stereocenters. The molecular weight excluding hydrogens is 482 g/mol. The van der Waals surface area contributed by atoms with E-state index in [1.165, 1.54) is 0 Å². The van der Waals surface area contributed by atoms with Gasteiger partial charge in [-0.2, -0.15) is 0 Å². The van der Waals surface area contributed by atoms with E-state index in [-0.39, 0.29) is 18.2 Å². The predicted octanol–water partition coefficient (Wildman–Crippen LogP) is 4.17. The summed E-state index contributed by atoms with van der Waals surface area (Å²) in [6.07, 6.45) is 9.23. The van der Waals surface area contributed by atoms with Crippen LogP contribution in [-0.2, 0) is 27.4 Å². The second-order valence-corrected chi connectivity index (χ2v) is 9.78. The van der Waals surface area contributed by atoms with Gasteiger partial charge in [0.25, 0.3) is 0 Å². The van der Waals surface area contributed by atoms with E-state index in [1.54, 1.807) is 17.4 Å². The van der Waals surface area contributed by atoms with Crippen LogP contribution in [0.2, 0.25) is 0 Å². The lowest BCUT2D eigenvalue weighted by Crippen LogP contribution is -2.50. The first-order valence-corrected chi connectivity index (χ1v) is 13.3. The van der Waals surface area contributed by atoms with Crippen LogP contribution in [0.3, 0.4) is 0 Å². The first-order valence-electron chi connectivity index (χ1n) is 13.3. The summed E-state index contributed by atoms with van der Waals surface area (Å²) in [4.78, 5) is 40.2. The number of benzene rings is 2. The average molecular weight is 522 g/mol. The summed E-state index contributed by atoms with van der Waals surface area (Å²) in [6.45, 7) is 1.06. The number of amides is 3. The van der Waals surface area contributed by atoms with Gasteiger partial charge in [-0.15, -0.1) is 0 Å². The number of rotatable bonds is 7. The van der Waals surface area contributed by atoms with E-state index in [9.17, 15) is 14.4 Å². The standard InChI is InChI=1S/C30H39N3O5/c1-33-19-11-6-4-2-3-5-10-14-25(21-28(34)32-37)29(35)31-27(30(33)36)20-23-15-17-26(18-16-23)38-22-24-12-8-7-9-13-24/h2-3,7-9,12-13,15-18,25,27,37H,4-6,10-11,14,19-22H2,1H3,(H,31,35)(H,32,34)/b3-2+/t25-,27+/m1/s1. The van der Waals surface area contributed by atoms with E-state index in [4.69, 9.17) is 9.94 Å². The Hall–Kier alpha value is -3.65. The van der Waals surface area contributed by atoms with E-state index in [1.807, 2.05) is 54.6 Å². The van der Waals surface area contributed by atoms with E-state index < -0.39 is 17.9 Å². The molecule has 1 heterocycles. The zero-order chi connectivity index (χ0) is 27.2. The van der Waals surface area contributed by atoms with Gasteiger partial charge in [-0.3, -0.25) is 19.6 Å². The maximum absolute atomic E-state index is 13.4. The average Bonchev–Trinajstić information content (AvgIpc) is 2.94. The predicted molar refractivity (Wildman–Crippen MR) is 145 cm³/mol. The van der Waals surface area contributed by atoms with Crippen LogP contribution in [-0.4, -0.2) is 47.5 Å². The topological polar surface area (TPSA) is 108 Å². The first kappa shape index (κ1) is 28.9. The van der Waals surface area contributed by atoms with Crippen LogP contribution in [0.25, 0.3) is 0 Å². The molecule has 2 aromatic carbocycles. The van der Waals surface area contributed by atoms with Crippen molar-refractivity contribution in [2.24, 2.45) is 5.92 Å². The molecule has 38 heavy (non-hydrogen) atoms. The fourth-order valence-corrected chi connectivity index (χ4v) is 4.49. The van der Waals surface area contributed by atoms with Crippen molar-refractivity contribution in [1.29, 1.82) is 0 Å². The van der Waals surface area contributed by atoms with E-state index >= 15 is 0 Å². The molecule has 0 radical (unpaired) electrons. The number of ether oxygens (including phenoxy) is 1. The zero-order valence-electron chi connectivity index (χ0n) is 22.1. The van der Waals surface area contributed by atoms with Crippen LogP contribution in [0.15, 0.2) is 66.7 Å². The molecule has 2 atom stereocenters.